The van der Waals surface area contributed by atoms with Gasteiger partial charge in [-0.2, -0.15) is 0 Å². The van der Waals surface area contributed by atoms with Crippen LogP contribution in [0.15, 0.2) is 29.8 Å². The first-order chi connectivity index (χ1) is 39.5. The molecule has 0 spiro atoms. The van der Waals surface area contributed by atoms with Crippen molar-refractivity contribution in [2.45, 2.75) is 111 Å². The lowest BCUT2D eigenvalue weighted by Gasteiger charge is -2.27. The number of benzene rings is 2. The van der Waals surface area contributed by atoms with E-state index in [2.05, 4.69) is 69.4 Å². The maximum absolute atomic E-state index is 16.2. The molecule has 0 aliphatic carbocycles. The highest BCUT2D eigenvalue weighted by molar-refractivity contribution is 7.99. The van der Waals surface area contributed by atoms with Crippen molar-refractivity contribution >= 4 is 101 Å². The number of thiol groups is 1. The molecule has 23 N–H and O–H groups in total. The Labute approximate surface area is 489 Å². The molecule has 6 unspecified atom stereocenters. The Balaban J connectivity index is 2.39. The van der Waals surface area contributed by atoms with Crippen LogP contribution in [0, 0.1) is 52.5 Å². The van der Waals surface area contributed by atoms with E-state index in [1.54, 1.807) is 0 Å². The van der Waals surface area contributed by atoms with E-state index in [4.69, 9.17) is 45.9 Å². The van der Waals surface area contributed by atoms with Gasteiger partial charge in [-0.1, -0.05) is 26.7 Å². The third-order valence-corrected chi connectivity index (χ3v) is 14.6. The van der Waals surface area contributed by atoms with Crippen LogP contribution < -0.4 is 82.5 Å². The molecular formula is C47H67F8N19O7S3. The largest absolute Gasteiger partial charge is 0.370 e. The highest BCUT2D eigenvalue weighted by Crippen LogP contribution is 2.42. The summed E-state index contributed by atoms with van der Waals surface area (Å²) >= 11 is 3.56. The average molecular weight is 1260 g/mol. The molecule has 0 saturated heterocycles. The molecule has 6 atom stereocenters. The van der Waals surface area contributed by atoms with Crippen LogP contribution in [-0.4, -0.2) is 146 Å². The van der Waals surface area contributed by atoms with E-state index in [1.165, 1.54) is 13.8 Å². The van der Waals surface area contributed by atoms with E-state index in [-0.39, 0.29) is 113 Å². The van der Waals surface area contributed by atoms with Gasteiger partial charge in [-0.25, -0.2) is 35.1 Å². The Hall–Kier alpha value is -7.54. The second-order valence-corrected chi connectivity index (χ2v) is 21.0. The number of guanidine groups is 4. The number of carbonyl (C=O) groups excluding carboxylic acids is 7. The summed E-state index contributed by atoms with van der Waals surface area (Å²) in [6, 6.07) is -10.6. The van der Waals surface area contributed by atoms with Gasteiger partial charge in [0.05, 0.1) is 27.5 Å². The molecule has 6 amide bonds. The predicted molar refractivity (Wildman–Crippen MR) is 301 cm³/mol. The summed E-state index contributed by atoms with van der Waals surface area (Å²) in [5.41, 5.74) is 39.1. The number of nitrogens with zero attached hydrogens (tertiary/aromatic N) is 4. The molecule has 0 aromatic heterocycles. The number of nitrogens with one attached hydrogen (secondary N) is 7. The van der Waals surface area contributed by atoms with Gasteiger partial charge in [-0.05, 0) is 51.4 Å². The fourth-order valence-electron chi connectivity index (χ4n) is 7.56. The van der Waals surface area contributed by atoms with Crippen molar-refractivity contribution in [1.82, 2.24) is 36.6 Å². The minimum atomic E-state index is -2.60. The number of aliphatic imine (C=N–C) groups is 4. The SMILES string of the molecule is CC(C)C(=O)CNC(=O)C(CCCN=C(N)N)NC(=O)C1CSc2c(F)c(F)c(c(F)c2F)-c2c(F)c(F)c(c(F)c2F)SCC(NS)C(=O)NC(CCCN=C(N)N)C(=O)NC(CCCN=C(N)N)C(=O)NC(CCCN=C(N)N)C(=O)N1. The molecule has 3 aliphatic rings. The van der Waals surface area contributed by atoms with E-state index in [0.717, 1.165) is 0 Å². The molecule has 0 radical (unpaired) electrons. The molecule has 0 fully saturated rings. The first-order valence-corrected chi connectivity index (χ1v) is 27.9. The summed E-state index contributed by atoms with van der Waals surface area (Å²) in [6.45, 7) is 1.96. The van der Waals surface area contributed by atoms with Gasteiger partial charge in [0.15, 0.2) is 76.2 Å². The highest BCUT2D eigenvalue weighted by Gasteiger charge is 2.38. The fraction of sp³-hybridized carbons (Fsp3) is 0.511. The number of halogens is 8. The van der Waals surface area contributed by atoms with Crippen LogP contribution >= 0.6 is 36.3 Å². The van der Waals surface area contributed by atoms with Crippen LogP contribution in [0.2, 0.25) is 0 Å². The molecule has 4 bridgehead atoms. The normalized spacial score (nSPS) is 18.4. The zero-order valence-corrected chi connectivity index (χ0v) is 47.7. The first kappa shape index (κ1) is 70.7. The summed E-state index contributed by atoms with van der Waals surface area (Å²) in [5.74, 6) is -31.3. The molecule has 26 nitrogen and oxygen atoms in total. The first-order valence-electron chi connectivity index (χ1n) is 25.4. The van der Waals surface area contributed by atoms with E-state index in [9.17, 15) is 33.6 Å². The summed E-state index contributed by atoms with van der Waals surface area (Å²) in [5, 5.41) is 14.3. The van der Waals surface area contributed by atoms with Crippen molar-refractivity contribution in [3.05, 3.63) is 46.5 Å². The summed E-state index contributed by atoms with van der Waals surface area (Å²) in [6.07, 6.45) is -1.57. The Bertz CT molecular complexity index is 2790. The Morgan fingerprint density at radius 3 is 1.27 bits per heavy atom. The van der Waals surface area contributed by atoms with E-state index >= 15 is 35.1 Å². The zero-order valence-electron chi connectivity index (χ0n) is 45.2. The summed E-state index contributed by atoms with van der Waals surface area (Å²) in [4.78, 5) is 110. The number of fused-ring (bicyclic) bond motifs is 2. The number of nitrogens with two attached hydrogens (primary N) is 8. The van der Waals surface area contributed by atoms with E-state index < -0.39 is 181 Å². The third-order valence-electron chi connectivity index (χ3n) is 12.0. The molecule has 3 heterocycles. The number of rotatable bonds is 23. The molecular weight excluding hydrogens is 1190 g/mol. The van der Waals surface area contributed by atoms with Gasteiger partial charge in [-0.3, -0.25) is 58.3 Å². The quantitative estimate of drug-likeness (QED) is 0.0150. The van der Waals surface area contributed by atoms with E-state index in [0.29, 0.717) is 0 Å². The number of hydrogen-bond acceptors (Lipinski definition) is 15. The second kappa shape index (κ2) is 34.3. The second-order valence-electron chi connectivity index (χ2n) is 18.7. The van der Waals surface area contributed by atoms with Gasteiger partial charge >= 0.3 is 0 Å². The predicted octanol–water partition coefficient (Wildman–Crippen LogP) is -1.55. The fourth-order valence-corrected chi connectivity index (χ4v) is 9.89. The third kappa shape index (κ3) is 21.3. The van der Waals surface area contributed by atoms with Crippen LogP contribution in [0.25, 0.3) is 11.1 Å². The molecule has 5 rings (SSSR count). The van der Waals surface area contributed by atoms with Crippen LogP contribution in [0.1, 0.15) is 65.2 Å². The molecule has 37 heteroatoms. The number of ketones is 1. The van der Waals surface area contributed by atoms with Crippen molar-refractivity contribution in [3.8, 4) is 11.1 Å². The Kier molecular flexibility index (Phi) is 28.9. The van der Waals surface area contributed by atoms with Gasteiger partial charge in [0.2, 0.25) is 35.4 Å². The molecule has 2 aromatic carbocycles. The topological polar surface area (TPSA) is 461 Å². The number of hydrogen-bond donors (Lipinski definition) is 16. The van der Waals surface area contributed by atoms with Crippen LogP contribution in [0.4, 0.5) is 35.1 Å². The molecule has 2 aromatic rings. The van der Waals surface area contributed by atoms with Gasteiger partial charge in [0.25, 0.3) is 0 Å². The smallest absolute Gasteiger partial charge is 0.244 e. The lowest BCUT2D eigenvalue weighted by Crippen LogP contribution is -2.60. The summed E-state index contributed by atoms with van der Waals surface area (Å²) in [7, 11) is 0. The molecule has 84 heavy (non-hydrogen) atoms. The van der Waals surface area contributed by atoms with Crippen molar-refractivity contribution in [1.29, 1.82) is 0 Å². The van der Waals surface area contributed by atoms with Crippen molar-refractivity contribution in [2.24, 2.45) is 71.8 Å². The molecule has 0 saturated carbocycles. The average Bonchev–Trinajstić information content (AvgIpc) is 1.08. The number of thioether (sulfide) groups is 2. The molecule has 3 aliphatic heterocycles. The highest BCUT2D eigenvalue weighted by atomic mass is 32.2. The number of Topliss-reactive ketones (excluding diaryl/α,β-unsaturated/α-hetero) is 1. The van der Waals surface area contributed by atoms with Gasteiger partial charge < -0.3 is 77.8 Å². The zero-order chi connectivity index (χ0) is 63.1. The van der Waals surface area contributed by atoms with Crippen LogP contribution in [0.3, 0.4) is 0 Å². The van der Waals surface area contributed by atoms with E-state index in [1.807, 2.05) is 0 Å². The monoisotopic (exact) mass is 1260 g/mol. The van der Waals surface area contributed by atoms with Gasteiger partial charge in [0.1, 0.15) is 36.3 Å². The van der Waals surface area contributed by atoms with Gasteiger partial charge in [-0.15, -0.1) is 23.5 Å². The lowest BCUT2D eigenvalue weighted by atomic mass is 10.0. The van der Waals surface area contributed by atoms with Crippen LogP contribution in [0.5, 0.6) is 0 Å². The Morgan fingerprint density at radius 1 is 0.548 bits per heavy atom. The maximum atomic E-state index is 16.2. The lowest BCUT2D eigenvalue weighted by molar-refractivity contribution is -0.135. The number of carbonyl (C=O) groups is 7. The van der Waals surface area contributed by atoms with Crippen LogP contribution in [-0.2, 0) is 33.6 Å². The van der Waals surface area contributed by atoms with Crippen molar-refractivity contribution in [3.63, 3.8) is 0 Å². The minimum absolute atomic E-state index is 0.0376. The Morgan fingerprint density at radius 2 is 0.905 bits per heavy atom. The minimum Gasteiger partial charge on any atom is -0.370 e. The molecule has 466 valence electrons. The standard InChI is InChI=1S/C47H67F8N19O7S3/c1-18(2)25(75)15-68-38(76)19(7-3-11-64-44(56)57)69-42(80)23-16-83-36-32(52)28(48)26(29(49)33(36)53)27-30(50)34(54)37(35(55)31(27)51)84-17-24(74-82)43(81)72-21(9-5-13-66-46(60)61)40(78)70-20(8-4-12-65-45(58)59)39(77)71-22(41(79)73-23)10-6-14-67-47(62)63/h18-24,74,82H,3-17H2,1-2H3,(H,68,76)(H,69,80)(H,70,78)(H,71,77)(H,72,81)(H,73,79)(H4,56,57,64)(H4,58,59,65)(H4,60,61,66)(H4,62,63,67). The van der Waals surface area contributed by atoms with Crippen molar-refractivity contribution in [2.75, 3.05) is 44.2 Å². The maximum Gasteiger partial charge on any atom is 0.244 e. The van der Waals surface area contributed by atoms with Crippen molar-refractivity contribution < 1.29 is 68.7 Å². The van der Waals surface area contributed by atoms with Gasteiger partial charge in [0, 0.05) is 43.6 Å². The number of amides is 6. The summed E-state index contributed by atoms with van der Waals surface area (Å²) < 4.78 is 130.